The Hall–Kier alpha value is -3.17. The summed E-state index contributed by atoms with van der Waals surface area (Å²) in [5.74, 6) is 1.19. The number of hydrogen-bond acceptors (Lipinski definition) is 6. The van der Waals surface area contributed by atoms with Crippen LogP contribution in [0.5, 0.6) is 0 Å². The fourth-order valence-electron chi connectivity index (χ4n) is 5.93. The van der Waals surface area contributed by atoms with Gasteiger partial charge in [-0.3, -0.25) is 19.1 Å². The first-order chi connectivity index (χ1) is 17.8. The number of thioether (sulfide) groups is 1. The summed E-state index contributed by atoms with van der Waals surface area (Å²) in [5.41, 5.74) is 3.10. The summed E-state index contributed by atoms with van der Waals surface area (Å²) in [4.78, 5) is 31.4. The molecule has 1 aliphatic carbocycles. The number of nitrogens with one attached hydrogen (secondary N) is 1. The van der Waals surface area contributed by atoms with Crippen molar-refractivity contribution in [2.75, 3.05) is 26.7 Å². The van der Waals surface area contributed by atoms with Crippen LogP contribution < -0.4 is 5.32 Å². The molecule has 1 aromatic heterocycles. The molecule has 4 unspecified atom stereocenters. The highest BCUT2D eigenvalue weighted by molar-refractivity contribution is 8.02. The lowest BCUT2D eigenvalue weighted by Gasteiger charge is -2.44. The second-order valence-corrected chi connectivity index (χ2v) is 11.8. The van der Waals surface area contributed by atoms with E-state index in [0.717, 1.165) is 29.2 Å². The van der Waals surface area contributed by atoms with E-state index >= 15 is 0 Å². The molecular formula is C28H32N6O2S. The van der Waals surface area contributed by atoms with Gasteiger partial charge in [0.25, 0.3) is 5.91 Å². The molecule has 1 N–H and O–H groups in total. The molecule has 3 aliphatic heterocycles. The molecule has 4 aliphatic rings. The smallest absolute Gasteiger partial charge is 0.290 e. The van der Waals surface area contributed by atoms with E-state index in [9.17, 15) is 9.59 Å². The molecule has 0 radical (unpaired) electrons. The quantitative estimate of drug-likeness (QED) is 0.668. The standard InChI is InChI=1S/C28H32N6O2S/c1-17-10-13-37-23(17)24-30-31-25-26(35)29-28(3)15-20(18(2)14-22(28)34(24)25)27(36)33-12-11-32(4)21(16-33)19-8-6-5-7-9-19/h5-10,13-14,17,21,23H,11-12,15-16H2,1-4H3,(H,29,35). The predicted molar refractivity (Wildman–Crippen MR) is 145 cm³/mol. The largest absolute Gasteiger partial charge is 0.338 e. The Balaban J connectivity index is 1.34. The van der Waals surface area contributed by atoms with Gasteiger partial charge in [-0.1, -0.05) is 43.3 Å². The van der Waals surface area contributed by atoms with E-state index in [1.807, 2.05) is 41.5 Å². The zero-order valence-corrected chi connectivity index (χ0v) is 22.5. The highest BCUT2D eigenvalue weighted by Crippen LogP contribution is 2.46. The average Bonchev–Trinajstić information content (AvgIpc) is 3.51. The van der Waals surface area contributed by atoms with Crippen LogP contribution in [0.15, 0.2) is 59.0 Å². The lowest BCUT2D eigenvalue weighted by molar-refractivity contribution is -0.130. The van der Waals surface area contributed by atoms with E-state index in [0.29, 0.717) is 31.3 Å². The number of carbonyl (C=O) groups is 2. The monoisotopic (exact) mass is 516 g/mol. The van der Waals surface area contributed by atoms with Gasteiger partial charge in [0.2, 0.25) is 11.7 Å². The Kier molecular flexibility index (Phi) is 5.88. The normalized spacial score (nSPS) is 29.6. The van der Waals surface area contributed by atoms with E-state index in [1.165, 1.54) is 5.56 Å². The lowest BCUT2D eigenvalue weighted by atomic mass is 9.80. The minimum Gasteiger partial charge on any atom is -0.338 e. The fourth-order valence-corrected chi connectivity index (χ4v) is 7.05. The zero-order valence-electron chi connectivity index (χ0n) is 21.6. The number of amides is 2. The third kappa shape index (κ3) is 3.95. The van der Waals surface area contributed by atoms with Crippen LogP contribution in [-0.4, -0.2) is 68.6 Å². The van der Waals surface area contributed by atoms with Crippen molar-refractivity contribution >= 4 is 29.3 Å². The summed E-state index contributed by atoms with van der Waals surface area (Å²) in [6, 6.07) is 10.5. The van der Waals surface area contributed by atoms with Crippen LogP contribution in [0.4, 0.5) is 0 Å². The number of carbonyl (C=O) groups excluding carboxylic acids is 2. The zero-order chi connectivity index (χ0) is 25.9. The van der Waals surface area contributed by atoms with Crippen LogP contribution in [0.1, 0.15) is 60.5 Å². The molecule has 0 spiro atoms. The summed E-state index contributed by atoms with van der Waals surface area (Å²) >= 11 is 1.70. The lowest BCUT2D eigenvalue weighted by Crippen LogP contribution is -2.56. The van der Waals surface area contributed by atoms with Gasteiger partial charge in [0, 0.05) is 31.6 Å². The van der Waals surface area contributed by atoms with E-state index in [1.54, 1.807) is 11.8 Å². The minimum absolute atomic E-state index is 0.0521. The molecule has 4 heterocycles. The maximum absolute atomic E-state index is 13.9. The number of hydrogen-bond donors (Lipinski definition) is 1. The van der Waals surface area contributed by atoms with Crippen LogP contribution in [0.25, 0.3) is 5.70 Å². The van der Waals surface area contributed by atoms with Gasteiger partial charge in [0.15, 0.2) is 5.82 Å². The molecule has 9 heteroatoms. The van der Waals surface area contributed by atoms with Crippen molar-refractivity contribution in [1.82, 2.24) is 29.9 Å². The number of piperazine rings is 1. The predicted octanol–water partition coefficient (Wildman–Crippen LogP) is 3.79. The molecule has 0 bridgehead atoms. The Morgan fingerprint density at radius 1 is 1.19 bits per heavy atom. The Bertz CT molecular complexity index is 1360. The third-order valence-electron chi connectivity index (χ3n) is 8.16. The molecule has 1 saturated heterocycles. The van der Waals surface area contributed by atoms with Crippen molar-refractivity contribution in [3.05, 3.63) is 76.3 Å². The van der Waals surface area contributed by atoms with Crippen molar-refractivity contribution < 1.29 is 9.59 Å². The first-order valence-electron chi connectivity index (χ1n) is 12.8. The first-order valence-corrected chi connectivity index (χ1v) is 13.8. The van der Waals surface area contributed by atoms with Crippen LogP contribution >= 0.6 is 11.8 Å². The number of nitrogens with zero attached hydrogens (tertiary/aromatic N) is 5. The SMILES string of the molecule is CC1=C(C(=O)N2CCN(C)C(c3ccccc3)C2)CC2(C)NC(=O)c3nnc(C4SC=CC4C)n3C2=C1. The van der Waals surface area contributed by atoms with Gasteiger partial charge >= 0.3 is 0 Å². The minimum atomic E-state index is -0.725. The van der Waals surface area contributed by atoms with Gasteiger partial charge in [0.05, 0.1) is 22.5 Å². The molecule has 8 nitrogen and oxygen atoms in total. The van der Waals surface area contributed by atoms with Gasteiger partial charge in [0.1, 0.15) is 0 Å². The summed E-state index contributed by atoms with van der Waals surface area (Å²) in [6.07, 6.45) is 4.64. The number of allylic oxidation sites excluding steroid dienone is 3. The maximum atomic E-state index is 13.9. The summed E-state index contributed by atoms with van der Waals surface area (Å²) in [6.45, 7) is 8.28. The van der Waals surface area contributed by atoms with Gasteiger partial charge in [-0.15, -0.1) is 22.0 Å². The molecular weight excluding hydrogens is 484 g/mol. The topological polar surface area (TPSA) is 83.4 Å². The van der Waals surface area contributed by atoms with Crippen LogP contribution in [0.3, 0.4) is 0 Å². The van der Waals surface area contributed by atoms with Crippen molar-refractivity contribution in [1.29, 1.82) is 0 Å². The molecule has 1 fully saturated rings. The van der Waals surface area contributed by atoms with Crippen molar-refractivity contribution in [3.63, 3.8) is 0 Å². The molecule has 0 saturated carbocycles. The molecule has 37 heavy (non-hydrogen) atoms. The van der Waals surface area contributed by atoms with Gasteiger partial charge in [-0.25, -0.2) is 0 Å². The Morgan fingerprint density at radius 3 is 2.70 bits per heavy atom. The highest BCUT2D eigenvalue weighted by Gasteiger charge is 2.46. The number of likely N-dealkylation sites (N-methyl/N-ethyl adjacent to an activating group) is 1. The maximum Gasteiger partial charge on any atom is 0.290 e. The second kappa shape index (κ2) is 8.99. The summed E-state index contributed by atoms with van der Waals surface area (Å²) in [5, 5.41) is 14.1. The van der Waals surface area contributed by atoms with E-state index in [2.05, 4.69) is 64.1 Å². The van der Waals surface area contributed by atoms with E-state index in [4.69, 9.17) is 0 Å². The average molecular weight is 517 g/mol. The van der Waals surface area contributed by atoms with Crippen LogP contribution in [0.2, 0.25) is 0 Å². The first kappa shape index (κ1) is 24.2. The number of rotatable bonds is 3. The highest BCUT2D eigenvalue weighted by atomic mass is 32.2. The van der Waals surface area contributed by atoms with E-state index in [-0.39, 0.29) is 23.1 Å². The van der Waals surface area contributed by atoms with Crippen molar-refractivity contribution in [2.24, 2.45) is 5.92 Å². The Morgan fingerprint density at radius 2 is 1.97 bits per heavy atom. The van der Waals surface area contributed by atoms with Gasteiger partial charge < -0.3 is 10.2 Å². The molecule has 4 atom stereocenters. The van der Waals surface area contributed by atoms with Crippen molar-refractivity contribution in [2.45, 2.75) is 44.0 Å². The summed E-state index contributed by atoms with van der Waals surface area (Å²) in [7, 11) is 2.12. The molecule has 2 amide bonds. The van der Waals surface area contributed by atoms with Crippen LogP contribution in [-0.2, 0) is 4.79 Å². The second-order valence-electron chi connectivity index (χ2n) is 10.8. The third-order valence-corrected chi connectivity index (χ3v) is 9.41. The molecule has 192 valence electrons. The number of benzene rings is 1. The number of fused-ring (bicyclic) bond motifs is 3. The summed E-state index contributed by atoms with van der Waals surface area (Å²) < 4.78 is 1.94. The Labute approximate surface area is 221 Å². The molecule has 1 aromatic carbocycles. The van der Waals surface area contributed by atoms with E-state index < -0.39 is 5.54 Å². The molecule has 6 rings (SSSR count). The van der Waals surface area contributed by atoms with Crippen LogP contribution in [0, 0.1) is 5.92 Å². The number of aromatic nitrogens is 3. The fraction of sp³-hybridized carbons (Fsp3) is 0.429. The van der Waals surface area contributed by atoms with Gasteiger partial charge in [-0.2, -0.15) is 0 Å². The van der Waals surface area contributed by atoms with Crippen molar-refractivity contribution in [3.8, 4) is 0 Å². The van der Waals surface area contributed by atoms with Gasteiger partial charge in [-0.05, 0) is 49.4 Å². The molecule has 2 aromatic rings.